The molecule has 0 saturated heterocycles. The van der Waals surface area contributed by atoms with E-state index in [0.717, 1.165) is 29.0 Å². The number of aliphatic hydroxyl groups excluding tert-OH is 1. The molecule has 0 atom stereocenters. The molecular formula is C21H18ClN3O5. The fraction of sp³-hybridized carbons (Fsp3) is 0. The molecule has 0 unspecified atom stereocenters. The highest BCUT2D eigenvalue weighted by molar-refractivity contribution is 6.14. The van der Waals surface area contributed by atoms with E-state index < -0.39 is 10.2 Å². The van der Waals surface area contributed by atoms with Crippen LogP contribution in [0, 0.1) is 10.2 Å². The van der Waals surface area contributed by atoms with Crippen LogP contribution in [0.15, 0.2) is 108 Å². The Morgan fingerprint density at radius 2 is 1.17 bits per heavy atom. The summed E-state index contributed by atoms with van der Waals surface area (Å²) in [6.07, 6.45) is 1.10. The van der Waals surface area contributed by atoms with Crippen molar-refractivity contribution in [3.63, 3.8) is 0 Å². The Bertz CT molecular complexity index is 1000. The molecule has 3 aromatic carbocycles. The van der Waals surface area contributed by atoms with Gasteiger partial charge in [0, 0.05) is 11.3 Å². The molecule has 3 aromatic rings. The molecule has 0 bridgehead atoms. The predicted molar refractivity (Wildman–Crippen MR) is 104 cm³/mol. The van der Waals surface area contributed by atoms with Gasteiger partial charge in [-0.1, -0.05) is 66.7 Å². The first-order chi connectivity index (χ1) is 14.4. The molecule has 0 aromatic heterocycles. The van der Waals surface area contributed by atoms with E-state index in [-0.39, 0.29) is 0 Å². The fourth-order valence-corrected chi connectivity index (χ4v) is 2.87. The lowest BCUT2D eigenvalue weighted by Gasteiger charge is -2.23. The Balaban J connectivity index is 0.000000461. The Hall–Kier alpha value is -3.40. The van der Waals surface area contributed by atoms with E-state index in [4.69, 9.17) is 23.7 Å². The van der Waals surface area contributed by atoms with Gasteiger partial charge in [-0.25, -0.2) is 5.01 Å². The van der Waals surface area contributed by atoms with Crippen molar-refractivity contribution in [2.45, 2.75) is 0 Å². The standard InChI is InChI=1S/C21H17N3O.ClHO4/c25-16-20-23(18-12-6-2-7-13-18)21(17-10-4-1-5-11-17)22-24(20)19-14-8-3-9-15-19;2-1(3,4)5/h1-16,25H;(H,2,3,4,5)/b20-16+;. The van der Waals surface area contributed by atoms with Crippen molar-refractivity contribution >= 4 is 17.2 Å². The Morgan fingerprint density at radius 1 is 0.733 bits per heavy atom. The number of hydrogen-bond acceptors (Lipinski definition) is 8. The summed E-state index contributed by atoms with van der Waals surface area (Å²) in [6, 6.07) is 29.6. The highest BCUT2D eigenvalue weighted by atomic mass is 35.7. The van der Waals surface area contributed by atoms with Gasteiger partial charge in [-0.05, 0) is 24.3 Å². The smallest absolute Gasteiger partial charge is 0.175 e. The Labute approximate surface area is 175 Å². The topological polar surface area (TPSA) is 128 Å². The van der Waals surface area contributed by atoms with Crippen LogP contribution in [0.4, 0.5) is 11.4 Å². The monoisotopic (exact) mass is 427 g/mol. The Kier molecular flexibility index (Phi) is 6.68. The third kappa shape index (κ3) is 5.35. The first-order valence-electron chi connectivity index (χ1n) is 8.70. The van der Waals surface area contributed by atoms with Crippen molar-refractivity contribution in [3.05, 3.63) is 109 Å². The van der Waals surface area contributed by atoms with Crippen LogP contribution < -0.4 is 23.9 Å². The third-order valence-electron chi connectivity index (χ3n) is 4.02. The fourth-order valence-electron chi connectivity index (χ4n) is 2.87. The van der Waals surface area contributed by atoms with Gasteiger partial charge in [0.25, 0.3) is 0 Å². The number of aliphatic hydroxyl groups is 1. The van der Waals surface area contributed by atoms with E-state index in [0.29, 0.717) is 5.82 Å². The maximum absolute atomic E-state index is 9.98. The Morgan fingerprint density at radius 3 is 1.63 bits per heavy atom. The molecule has 1 aliphatic rings. The van der Waals surface area contributed by atoms with Gasteiger partial charge < -0.3 is 5.11 Å². The van der Waals surface area contributed by atoms with E-state index in [1.165, 1.54) is 0 Å². The normalized spacial score (nSPS) is 14.9. The molecule has 0 saturated carbocycles. The molecule has 0 radical (unpaired) electrons. The number of nitrogens with zero attached hydrogens (tertiary/aromatic N) is 3. The minimum Gasteiger partial charge on any atom is -0.512 e. The quantitative estimate of drug-likeness (QED) is 0.586. The molecule has 154 valence electrons. The summed E-state index contributed by atoms with van der Waals surface area (Å²) in [5.41, 5.74) is 2.79. The molecular weight excluding hydrogens is 410 g/mol. The lowest BCUT2D eigenvalue weighted by atomic mass is 10.2. The van der Waals surface area contributed by atoms with Crippen LogP contribution in [-0.4, -0.2) is 15.6 Å². The van der Waals surface area contributed by atoms with Crippen molar-refractivity contribution in [3.8, 4) is 0 Å². The summed E-state index contributed by atoms with van der Waals surface area (Å²) in [5.74, 6) is 1.34. The summed E-state index contributed by atoms with van der Waals surface area (Å²) in [7, 11) is -4.69. The summed E-state index contributed by atoms with van der Waals surface area (Å²) in [5, 5.41) is 16.5. The van der Waals surface area contributed by atoms with E-state index in [1.54, 1.807) is 5.01 Å². The zero-order chi connectivity index (χ0) is 21.6. The number of rotatable bonds is 3. The first kappa shape index (κ1) is 21.3. The van der Waals surface area contributed by atoms with Crippen LogP contribution in [0.2, 0.25) is 0 Å². The van der Waals surface area contributed by atoms with Gasteiger partial charge in [0.2, 0.25) is 0 Å². The largest absolute Gasteiger partial charge is 0.512 e. The van der Waals surface area contributed by atoms with Gasteiger partial charge in [0.05, 0.1) is 20.6 Å². The number of amidine groups is 1. The van der Waals surface area contributed by atoms with Gasteiger partial charge in [-0.15, -0.1) is 5.10 Å². The summed E-state index contributed by atoms with van der Waals surface area (Å²) >= 11 is 0. The number of hydrogen-bond donors (Lipinski definition) is 2. The maximum atomic E-state index is 9.98. The zero-order valence-electron chi connectivity index (χ0n) is 15.6. The summed E-state index contributed by atoms with van der Waals surface area (Å²) in [4.78, 5) is 1.95. The van der Waals surface area contributed by atoms with Crippen LogP contribution in [0.25, 0.3) is 0 Å². The second-order valence-electron chi connectivity index (χ2n) is 5.99. The number of benzene rings is 3. The molecule has 1 heterocycles. The highest BCUT2D eigenvalue weighted by Crippen LogP contribution is 2.33. The van der Waals surface area contributed by atoms with Crippen molar-refractivity contribution in [1.82, 2.24) is 0 Å². The molecule has 9 heteroatoms. The SMILES string of the molecule is O/C=C1/N(c2ccccc2)N=C(c2ccccc2)N1c1ccccc1.[O-][Cl+3]([O-])([O-])O. The van der Waals surface area contributed by atoms with Gasteiger partial charge in [-0.3, -0.25) is 4.90 Å². The lowest BCUT2D eigenvalue weighted by Crippen LogP contribution is -2.58. The predicted octanol–water partition coefficient (Wildman–Crippen LogP) is 0.608. The molecule has 8 nitrogen and oxygen atoms in total. The number of halogens is 1. The number of hydrazone groups is 1. The molecule has 0 fully saturated rings. The van der Waals surface area contributed by atoms with E-state index in [9.17, 15) is 5.11 Å². The van der Waals surface area contributed by atoms with Crippen molar-refractivity contribution in [1.29, 1.82) is 0 Å². The number of para-hydroxylation sites is 2. The molecule has 0 spiro atoms. The summed E-state index contributed by atoms with van der Waals surface area (Å²) < 4.78 is 32.7. The van der Waals surface area contributed by atoms with Crippen molar-refractivity contribution < 1.29 is 34.0 Å². The molecule has 30 heavy (non-hydrogen) atoms. The second-order valence-corrected chi connectivity index (χ2v) is 6.78. The second kappa shape index (κ2) is 9.40. The average molecular weight is 428 g/mol. The maximum Gasteiger partial charge on any atom is 0.175 e. The minimum absolute atomic E-state index is 0.580. The molecule has 4 rings (SSSR count). The van der Waals surface area contributed by atoms with Gasteiger partial charge in [0.1, 0.15) is 6.26 Å². The number of anilines is 2. The van der Waals surface area contributed by atoms with Crippen molar-refractivity contribution in [2.24, 2.45) is 5.10 Å². The van der Waals surface area contributed by atoms with Crippen molar-refractivity contribution in [2.75, 3.05) is 9.91 Å². The third-order valence-corrected chi connectivity index (χ3v) is 4.02. The first-order valence-corrected chi connectivity index (χ1v) is 9.97. The van der Waals surface area contributed by atoms with Crippen LogP contribution in [0.1, 0.15) is 5.56 Å². The van der Waals surface area contributed by atoms with Gasteiger partial charge in [-0.2, -0.15) is 14.0 Å². The molecule has 2 N–H and O–H groups in total. The molecule has 0 aliphatic carbocycles. The van der Waals surface area contributed by atoms with Gasteiger partial charge in [0.15, 0.2) is 11.7 Å². The molecule has 0 amide bonds. The van der Waals surface area contributed by atoms with Crippen LogP contribution >= 0.6 is 0 Å². The molecule has 1 aliphatic heterocycles. The average Bonchev–Trinajstić information content (AvgIpc) is 3.14. The van der Waals surface area contributed by atoms with Crippen LogP contribution in [0.3, 0.4) is 0 Å². The summed E-state index contributed by atoms with van der Waals surface area (Å²) in [6.45, 7) is 0. The van der Waals surface area contributed by atoms with Gasteiger partial charge >= 0.3 is 0 Å². The highest BCUT2D eigenvalue weighted by Gasteiger charge is 2.32. The minimum atomic E-state index is -4.69. The van der Waals surface area contributed by atoms with Crippen LogP contribution in [-0.2, 0) is 0 Å². The zero-order valence-corrected chi connectivity index (χ0v) is 16.3. The van der Waals surface area contributed by atoms with E-state index in [2.05, 4.69) is 0 Å². The van der Waals surface area contributed by atoms with E-state index in [1.807, 2.05) is 95.9 Å². The van der Waals surface area contributed by atoms with Crippen LogP contribution in [0.5, 0.6) is 0 Å². The lowest BCUT2D eigenvalue weighted by molar-refractivity contribution is -1.92. The van der Waals surface area contributed by atoms with E-state index >= 15 is 0 Å².